The maximum absolute atomic E-state index is 13.3. The number of carbonyl (C=O) groups excluding carboxylic acids is 3. The van der Waals surface area contributed by atoms with E-state index in [1.165, 1.54) is 28.9 Å². The van der Waals surface area contributed by atoms with Crippen LogP contribution >= 0.6 is 11.3 Å². The van der Waals surface area contributed by atoms with Crippen molar-refractivity contribution in [1.29, 1.82) is 0 Å². The fourth-order valence-electron chi connectivity index (χ4n) is 5.03. The van der Waals surface area contributed by atoms with Crippen LogP contribution in [0.25, 0.3) is 22.0 Å². The molecule has 1 fully saturated rings. The van der Waals surface area contributed by atoms with Gasteiger partial charge in [0.1, 0.15) is 12.1 Å². The summed E-state index contributed by atoms with van der Waals surface area (Å²) < 4.78 is 0. The van der Waals surface area contributed by atoms with Crippen LogP contribution in [0, 0.1) is 0 Å². The summed E-state index contributed by atoms with van der Waals surface area (Å²) in [6, 6.07) is 19.3. The Bertz CT molecular complexity index is 1540. The highest BCUT2D eigenvalue weighted by atomic mass is 32.1. The lowest BCUT2D eigenvalue weighted by molar-refractivity contribution is -0.133. The van der Waals surface area contributed by atoms with Crippen LogP contribution < -0.4 is 10.6 Å². The third-order valence-electron chi connectivity index (χ3n) is 7.05. The van der Waals surface area contributed by atoms with Crippen molar-refractivity contribution in [3.63, 3.8) is 0 Å². The lowest BCUT2D eigenvalue weighted by Crippen LogP contribution is -2.42. The molecule has 8 heteroatoms. The van der Waals surface area contributed by atoms with Crippen LogP contribution in [-0.2, 0) is 28.0 Å². The van der Waals surface area contributed by atoms with Crippen molar-refractivity contribution in [3.8, 4) is 11.3 Å². The molecule has 0 bridgehead atoms. The number of benzene rings is 3. The molecule has 1 saturated heterocycles. The maximum atomic E-state index is 13.3. The van der Waals surface area contributed by atoms with E-state index in [9.17, 15) is 14.4 Å². The Morgan fingerprint density at radius 1 is 1.06 bits per heavy atom. The molecule has 4 aromatic rings. The molecular formula is C28H24N4O3S. The van der Waals surface area contributed by atoms with Crippen LogP contribution in [0.1, 0.15) is 30.0 Å². The number of imide groups is 1. The minimum absolute atomic E-state index is 0.387. The summed E-state index contributed by atoms with van der Waals surface area (Å²) in [7, 11) is 0. The molecule has 1 aromatic heterocycles. The Hall–Kier alpha value is -4.04. The van der Waals surface area contributed by atoms with Gasteiger partial charge in [-0.05, 0) is 65.8 Å². The van der Waals surface area contributed by atoms with Crippen molar-refractivity contribution in [2.75, 3.05) is 11.9 Å². The van der Waals surface area contributed by atoms with Crippen molar-refractivity contribution in [2.24, 2.45) is 0 Å². The normalized spacial score (nSPS) is 19.0. The first kappa shape index (κ1) is 22.4. The Morgan fingerprint density at radius 3 is 2.72 bits per heavy atom. The summed E-state index contributed by atoms with van der Waals surface area (Å²) in [6.07, 6.45) is 3.39. The van der Waals surface area contributed by atoms with Crippen molar-refractivity contribution < 1.29 is 14.4 Å². The zero-order valence-corrected chi connectivity index (χ0v) is 20.5. The molecule has 0 saturated carbocycles. The number of aromatic nitrogens is 1. The van der Waals surface area contributed by atoms with E-state index in [1.807, 2.05) is 47.8 Å². The summed E-state index contributed by atoms with van der Waals surface area (Å²) in [5, 5.41) is 9.85. The number of nitrogens with zero attached hydrogens (tertiary/aromatic N) is 2. The van der Waals surface area contributed by atoms with E-state index in [0.29, 0.717) is 10.7 Å². The fraction of sp³-hybridized carbons (Fsp3) is 0.214. The molecule has 1 unspecified atom stereocenters. The van der Waals surface area contributed by atoms with Gasteiger partial charge in [-0.3, -0.25) is 14.5 Å². The van der Waals surface area contributed by atoms with Crippen molar-refractivity contribution >= 4 is 45.1 Å². The Labute approximate surface area is 212 Å². The molecule has 2 N–H and O–H groups in total. The number of fused-ring (bicyclic) bond motifs is 2. The minimum atomic E-state index is -1.25. The van der Waals surface area contributed by atoms with Gasteiger partial charge in [-0.1, -0.05) is 48.5 Å². The maximum Gasteiger partial charge on any atom is 0.325 e. The first-order valence-corrected chi connectivity index (χ1v) is 12.8. The van der Waals surface area contributed by atoms with E-state index in [2.05, 4.69) is 33.8 Å². The van der Waals surface area contributed by atoms with Gasteiger partial charge in [-0.15, -0.1) is 11.3 Å². The number of anilines is 1. The SMILES string of the molecule is CC1(c2ccc3ccccc3c2)NC(=O)N(CC(=O)Nc2nc(-c3ccc4c(c3)CCC4)cs2)C1=O. The molecular weight excluding hydrogens is 472 g/mol. The van der Waals surface area contributed by atoms with E-state index in [0.717, 1.165) is 39.8 Å². The first-order chi connectivity index (χ1) is 17.4. The van der Waals surface area contributed by atoms with E-state index in [-0.39, 0.29) is 6.54 Å². The average molecular weight is 497 g/mol. The van der Waals surface area contributed by atoms with Gasteiger partial charge >= 0.3 is 6.03 Å². The largest absolute Gasteiger partial charge is 0.325 e. The second kappa shape index (κ2) is 8.57. The van der Waals surface area contributed by atoms with E-state index in [1.54, 1.807) is 6.92 Å². The summed E-state index contributed by atoms with van der Waals surface area (Å²) in [5.74, 6) is -0.938. The zero-order valence-electron chi connectivity index (χ0n) is 19.7. The summed E-state index contributed by atoms with van der Waals surface area (Å²) in [4.78, 5) is 44.3. The quantitative estimate of drug-likeness (QED) is 0.386. The molecule has 180 valence electrons. The molecule has 2 heterocycles. The number of urea groups is 1. The summed E-state index contributed by atoms with van der Waals surface area (Å²) in [6.45, 7) is 1.28. The van der Waals surface area contributed by atoms with Gasteiger partial charge in [-0.2, -0.15) is 0 Å². The van der Waals surface area contributed by atoms with Crippen LogP contribution in [0.5, 0.6) is 0 Å². The van der Waals surface area contributed by atoms with Crippen LogP contribution in [0.4, 0.5) is 9.93 Å². The second-order valence-electron chi connectivity index (χ2n) is 9.43. The van der Waals surface area contributed by atoms with Gasteiger partial charge in [-0.25, -0.2) is 9.78 Å². The van der Waals surface area contributed by atoms with E-state index in [4.69, 9.17) is 0 Å². The predicted octanol–water partition coefficient (Wildman–Crippen LogP) is 4.86. The standard InChI is InChI=1S/C28H24N4O3S/c1-28(22-12-11-17-5-2-3-6-20(17)14-22)25(34)32(27(35)31-28)15-24(33)30-26-29-23(16-36-26)21-10-9-18-7-4-8-19(18)13-21/h2-3,5-6,9-14,16H,4,7-8,15H2,1H3,(H,31,35)(H,29,30,33). The molecule has 36 heavy (non-hydrogen) atoms. The molecule has 3 aromatic carbocycles. The monoisotopic (exact) mass is 496 g/mol. The van der Waals surface area contributed by atoms with Gasteiger partial charge in [0.05, 0.1) is 5.69 Å². The molecule has 6 rings (SSSR count). The van der Waals surface area contributed by atoms with Gasteiger partial charge in [0.2, 0.25) is 5.91 Å². The number of amides is 4. The second-order valence-corrected chi connectivity index (χ2v) is 10.3. The fourth-order valence-corrected chi connectivity index (χ4v) is 5.77. The Kier molecular flexibility index (Phi) is 5.34. The van der Waals surface area contributed by atoms with Crippen LogP contribution in [0.2, 0.25) is 0 Å². The van der Waals surface area contributed by atoms with E-state index >= 15 is 0 Å². The number of rotatable bonds is 5. The van der Waals surface area contributed by atoms with Gasteiger partial charge in [0.25, 0.3) is 5.91 Å². The number of nitrogens with one attached hydrogen (secondary N) is 2. The Morgan fingerprint density at radius 2 is 1.86 bits per heavy atom. The molecule has 1 aliphatic carbocycles. The minimum Gasteiger partial charge on any atom is -0.319 e. The summed E-state index contributed by atoms with van der Waals surface area (Å²) >= 11 is 1.32. The molecule has 2 aliphatic rings. The third kappa shape index (κ3) is 3.83. The van der Waals surface area contributed by atoms with Crippen molar-refractivity contribution in [1.82, 2.24) is 15.2 Å². The molecule has 0 radical (unpaired) electrons. The van der Waals surface area contributed by atoms with Gasteiger partial charge < -0.3 is 10.6 Å². The zero-order chi connectivity index (χ0) is 24.9. The van der Waals surface area contributed by atoms with Crippen LogP contribution in [-0.4, -0.2) is 34.3 Å². The predicted molar refractivity (Wildman–Crippen MR) is 140 cm³/mol. The number of thiazole rings is 1. The highest BCUT2D eigenvalue weighted by molar-refractivity contribution is 7.14. The van der Waals surface area contributed by atoms with Crippen LogP contribution in [0.3, 0.4) is 0 Å². The average Bonchev–Trinajstić information content (AvgIpc) is 3.59. The molecule has 1 atom stereocenters. The lowest BCUT2D eigenvalue weighted by Gasteiger charge is -2.22. The van der Waals surface area contributed by atoms with Crippen LogP contribution in [0.15, 0.2) is 66.0 Å². The molecule has 0 spiro atoms. The number of hydrogen-bond donors (Lipinski definition) is 2. The molecule has 1 aliphatic heterocycles. The molecule has 7 nitrogen and oxygen atoms in total. The lowest BCUT2D eigenvalue weighted by atomic mass is 9.90. The highest BCUT2D eigenvalue weighted by Gasteiger charge is 2.49. The molecule has 4 amide bonds. The smallest absolute Gasteiger partial charge is 0.319 e. The van der Waals surface area contributed by atoms with Crippen molar-refractivity contribution in [2.45, 2.75) is 31.7 Å². The summed E-state index contributed by atoms with van der Waals surface area (Å²) in [5.41, 5.74) is 3.99. The highest BCUT2D eigenvalue weighted by Crippen LogP contribution is 2.32. The number of aryl methyl sites for hydroxylation is 2. The van der Waals surface area contributed by atoms with E-state index < -0.39 is 23.4 Å². The third-order valence-corrected chi connectivity index (χ3v) is 7.81. The Balaban J connectivity index is 1.16. The van der Waals surface area contributed by atoms with Crippen molar-refractivity contribution in [3.05, 3.63) is 82.7 Å². The first-order valence-electron chi connectivity index (χ1n) is 11.9. The topological polar surface area (TPSA) is 91.4 Å². The number of hydrogen-bond acceptors (Lipinski definition) is 5. The van der Waals surface area contributed by atoms with Gasteiger partial charge in [0, 0.05) is 10.9 Å². The van der Waals surface area contributed by atoms with Gasteiger partial charge in [0.15, 0.2) is 5.13 Å². The number of carbonyl (C=O) groups is 3.